The van der Waals surface area contributed by atoms with E-state index in [1.807, 2.05) is 42.5 Å². The molecule has 1 aliphatic heterocycles. The fourth-order valence-electron chi connectivity index (χ4n) is 3.02. The molecular formula is C20H22N2O3. The molecule has 2 aromatic rings. The number of nitrogens with one attached hydrogen (secondary N) is 1. The van der Waals surface area contributed by atoms with Crippen molar-refractivity contribution in [3.05, 3.63) is 59.2 Å². The number of ether oxygens (including phenoxy) is 1. The van der Waals surface area contributed by atoms with Crippen LogP contribution in [0.15, 0.2) is 42.5 Å². The number of benzene rings is 2. The Morgan fingerprint density at radius 2 is 1.88 bits per heavy atom. The highest BCUT2D eigenvalue weighted by molar-refractivity contribution is 6.01. The first-order chi connectivity index (χ1) is 12.1. The van der Waals surface area contributed by atoms with E-state index in [4.69, 9.17) is 4.74 Å². The molecule has 5 nitrogen and oxygen atoms in total. The second-order valence-electron chi connectivity index (χ2n) is 6.22. The van der Waals surface area contributed by atoms with Gasteiger partial charge in [0.2, 0.25) is 11.8 Å². The minimum atomic E-state index is -0.00820. The fourth-order valence-corrected chi connectivity index (χ4v) is 3.02. The van der Waals surface area contributed by atoms with Crippen LogP contribution in [0, 0.1) is 0 Å². The summed E-state index contributed by atoms with van der Waals surface area (Å²) in [6, 6.07) is 13.6. The molecule has 3 rings (SSSR count). The van der Waals surface area contributed by atoms with E-state index in [1.165, 1.54) is 0 Å². The van der Waals surface area contributed by atoms with Crippen molar-refractivity contribution < 1.29 is 14.3 Å². The van der Waals surface area contributed by atoms with Gasteiger partial charge in [0.05, 0.1) is 20.0 Å². The molecule has 130 valence electrons. The summed E-state index contributed by atoms with van der Waals surface area (Å²) in [5.74, 6) is 0.913. The SMILES string of the molecule is COc1ccc(CCNC(=O)Cc2ccc3c(c2)CC(=O)N3C)cc1. The van der Waals surface area contributed by atoms with Crippen LogP contribution in [0.3, 0.4) is 0 Å². The van der Waals surface area contributed by atoms with Gasteiger partial charge in [-0.15, -0.1) is 0 Å². The zero-order valence-electron chi connectivity index (χ0n) is 14.5. The van der Waals surface area contributed by atoms with Gasteiger partial charge < -0.3 is 15.0 Å². The average molecular weight is 338 g/mol. The van der Waals surface area contributed by atoms with E-state index in [1.54, 1.807) is 19.1 Å². The van der Waals surface area contributed by atoms with E-state index in [0.29, 0.717) is 19.4 Å². The minimum absolute atomic E-state index is 0.00820. The number of hydrogen-bond acceptors (Lipinski definition) is 3. The molecule has 0 spiro atoms. The first-order valence-electron chi connectivity index (χ1n) is 8.35. The van der Waals surface area contributed by atoms with Crippen molar-refractivity contribution in [3.63, 3.8) is 0 Å². The first-order valence-corrected chi connectivity index (χ1v) is 8.35. The largest absolute Gasteiger partial charge is 0.497 e. The number of methoxy groups -OCH3 is 1. The smallest absolute Gasteiger partial charge is 0.231 e. The second-order valence-corrected chi connectivity index (χ2v) is 6.22. The third-order valence-electron chi connectivity index (χ3n) is 4.48. The van der Waals surface area contributed by atoms with Crippen molar-refractivity contribution in [1.82, 2.24) is 5.32 Å². The predicted octanol–water partition coefficient (Wildman–Crippen LogP) is 2.12. The standard InChI is InChI=1S/C20H22N2O3/c1-22-18-8-5-15(11-16(18)13-20(22)24)12-19(23)21-10-9-14-3-6-17(25-2)7-4-14/h3-8,11H,9-10,12-13H2,1-2H3,(H,21,23). The lowest BCUT2D eigenvalue weighted by Gasteiger charge is -2.11. The third-order valence-corrected chi connectivity index (χ3v) is 4.48. The summed E-state index contributed by atoms with van der Waals surface area (Å²) in [6.07, 6.45) is 1.52. The molecule has 0 unspecified atom stereocenters. The normalized spacial score (nSPS) is 12.9. The van der Waals surface area contributed by atoms with Crippen LogP contribution in [0.4, 0.5) is 5.69 Å². The van der Waals surface area contributed by atoms with E-state index in [-0.39, 0.29) is 11.8 Å². The van der Waals surface area contributed by atoms with Crippen LogP contribution in [-0.4, -0.2) is 32.5 Å². The number of anilines is 1. The summed E-state index contributed by atoms with van der Waals surface area (Å²) in [5, 5.41) is 2.95. The number of hydrogen-bond donors (Lipinski definition) is 1. The lowest BCUT2D eigenvalue weighted by Crippen LogP contribution is -2.27. The molecule has 0 saturated carbocycles. The maximum atomic E-state index is 12.1. The van der Waals surface area contributed by atoms with Crippen molar-refractivity contribution in [1.29, 1.82) is 0 Å². The summed E-state index contributed by atoms with van der Waals surface area (Å²) in [5.41, 5.74) is 4.02. The lowest BCUT2D eigenvalue weighted by molar-refractivity contribution is -0.120. The Morgan fingerprint density at radius 3 is 2.60 bits per heavy atom. The third kappa shape index (κ3) is 3.99. The Kier molecular flexibility index (Phi) is 5.03. The van der Waals surface area contributed by atoms with E-state index in [9.17, 15) is 9.59 Å². The molecule has 0 atom stereocenters. The fraction of sp³-hybridized carbons (Fsp3) is 0.300. The Morgan fingerprint density at radius 1 is 1.16 bits per heavy atom. The molecule has 0 radical (unpaired) electrons. The topological polar surface area (TPSA) is 58.6 Å². The highest BCUT2D eigenvalue weighted by Gasteiger charge is 2.23. The quantitative estimate of drug-likeness (QED) is 0.878. The Labute approximate surface area is 147 Å². The molecule has 0 fully saturated rings. The number of fused-ring (bicyclic) bond motifs is 1. The van der Waals surface area contributed by atoms with Gasteiger partial charge in [-0.1, -0.05) is 24.3 Å². The molecular weight excluding hydrogens is 316 g/mol. The summed E-state index contributed by atoms with van der Waals surface area (Å²) in [7, 11) is 3.42. The molecule has 1 aliphatic rings. The number of rotatable bonds is 6. The zero-order chi connectivity index (χ0) is 17.8. The van der Waals surface area contributed by atoms with Gasteiger partial charge in [0.1, 0.15) is 5.75 Å². The first kappa shape index (κ1) is 17.0. The minimum Gasteiger partial charge on any atom is -0.497 e. The Hall–Kier alpha value is -2.82. The zero-order valence-corrected chi connectivity index (χ0v) is 14.5. The maximum absolute atomic E-state index is 12.1. The molecule has 0 aromatic heterocycles. The molecule has 1 heterocycles. The van der Waals surface area contributed by atoms with Crippen LogP contribution < -0.4 is 15.0 Å². The van der Waals surface area contributed by atoms with E-state index < -0.39 is 0 Å². The van der Waals surface area contributed by atoms with Gasteiger partial charge in [0.25, 0.3) is 0 Å². The molecule has 5 heteroatoms. The van der Waals surface area contributed by atoms with E-state index >= 15 is 0 Å². The average Bonchev–Trinajstić information content (AvgIpc) is 2.89. The second kappa shape index (κ2) is 7.38. The predicted molar refractivity (Wildman–Crippen MR) is 97.0 cm³/mol. The van der Waals surface area contributed by atoms with Crippen molar-refractivity contribution >= 4 is 17.5 Å². The van der Waals surface area contributed by atoms with Gasteiger partial charge in [-0.2, -0.15) is 0 Å². The molecule has 1 N–H and O–H groups in total. The molecule has 2 aromatic carbocycles. The summed E-state index contributed by atoms with van der Waals surface area (Å²) in [6.45, 7) is 0.595. The van der Waals surface area contributed by atoms with Crippen LogP contribution in [0.5, 0.6) is 5.75 Å². The van der Waals surface area contributed by atoms with E-state index in [0.717, 1.165) is 34.5 Å². The number of amides is 2. The number of carbonyl (C=O) groups excluding carboxylic acids is 2. The summed E-state index contributed by atoms with van der Waals surface area (Å²) in [4.78, 5) is 25.5. The number of likely N-dealkylation sites (N-methyl/N-ethyl adjacent to an activating group) is 1. The summed E-state index contributed by atoms with van der Waals surface area (Å²) >= 11 is 0. The van der Waals surface area contributed by atoms with Gasteiger partial charge in [-0.05, 0) is 41.3 Å². The van der Waals surface area contributed by atoms with Crippen LogP contribution in [0.2, 0.25) is 0 Å². The van der Waals surface area contributed by atoms with Gasteiger partial charge in [-0.3, -0.25) is 9.59 Å². The maximum Gasteiger partial charge on any atom is 0.231 e. The van der Waals surface area contributed by atoms with Crippen LogP contribution in [0.1, 0.15) is 16.7 Å². The van der Waals surface area contributed by atoms with Crippen molar-refractivity contribution in [2.45, 2.75) is 19.3 Å². The van der Waals surface area contributed by atoms with Crippen molar-refractivity contribution in [3.8, 4) is 5.75 Å². The highest BCUT2D eigenvalue weighted by Crippen LogP contribution is 2.28. The monoisotopic (exact) mass is 338 g/mol. The summed E-state index contributed by atoms with van der Waals surface area (Å²) < 4.78 is 5.13. The number of carbonyl (C=O) groups is 2. The highest BCUT2D eigenvalue weighted by atomic mass is 16.5. The van der Waals surface area contributed by atoms with Gasteiger partial charge in [0, 0.05) is 19.3 Å². The van der Waals surface area contributed by atoms with Crippen LogP contribution in [-0.2, 0) is 28.9 Å². The van der Waals surface area contributed by atoms with E-state index in [2.05, 4.69) is 5.32 Å². The lowest BCUT2D eigenvalue weighted by atomic mass is 10.1. The van der Waals surface area contributed by atoms with Crippen LogP contribution in [0.25, 0.3) is 0 Å². The van der Waals surface area contributed by atoms with Crippen molar-refractivity contribution in [2.24, 2.45) is 0 Å². The molecule has 0 bridgehead atoms. The molecule has 0 saturated heterocycles. The van der Waals surface area contributed by atoms with Gasteiger partial charge >= 0.3 is 0 Å². The van der Waals surface area contributed by atoms with Crippen LogP contribution >= 0.6 is 0 Å². The molecule has 2 amide bonds. The number of nitrogens with zero attached hydrogens (tertiary/aromatic N) is 1. The Balaban J connectivity index is 1.49. The van der Waals surface area contributed by atoms with Crippen molar-refractivity contribution in [2.75, 3.05) is 25.6 Å². The van der Waals surface area contributed by atoms with Gasteiger partial charge in [0.15, 0.2) is 0 Å². The Bertz CT molecular complexity index is 784. The molecule has 25 heavy (non-hydrogen) atoms. The molecule has 0 aliphatic carbocycles. The van der Waals surface area contributed by atoms with Gasteiger partial charge in [-0.25, -0.2) is 0 Å².